The largest absolute Gasteiger partial charge is 0.414 e. The molecule has 1 atom stereocenters. The van der Waals surface area contributed by atoms with Crippen molar-refractivity contribution in [3.8, 4) is 0 Å². The van der Waals surface area contributed by atoms with Crippen molar-refractivity contribution in [1.82, 2.24) is 10.4 Å². The van der Waals surface area contributed by atoms with Crippen LogP contribution in [0, 0.1) is 0 Å². The number of hydrogen-bond acceptors (Lipinski definition) is 3. The molecule has 0 aromatic rings. The monoisotopic (exact) mass is 226 g/mol. The number of guanidine groups is 1. The number of hydrogen-bond donors (Lipinski definition) is 2. The van der Waals surface area contributed by atoms with Crippen LogP contribution in [0.1, 0.15) is 34.6 Å². The highest BCUT2D eigenvalue weighted by atomic mass is 16.6. The maximum atomic E-state index is 6.03. The molecule has 0 fully saturated rings. The molecule has 0 saturated carbocycles. The lowest BCUT2D eigenvalue weighted by molar-refractivity contribution is 0.108. The van der Waals surface area contributed by atoms with Gasteiger partial charge in [-0.15, -0.1) is 5.48 Å². The second-order valence-corrected chi connectivity index (χ2v) is 4.73. The first kappa shape index (κ1) is 12.8. The Kier molecular flexibility index (Phi) is 3.80. The average Bonchev–Trinajstić information content (AvgIpc) is 2.49. The summed E-state index contributed by atoms with van der Waals surface area (Å²) in [7, 11) is 0. The summed E-state index contributed by atoms with van der Waals surface area (Å²) in [5.74, 6) is 0.523. The zero-order valence-electron chi connectivity index (χ0n) is 10.7. The summed E-state index contributed by atoms with van der Waals surface area (Å²) < 4.78 is 0. The Hall–Kier alpha value is -1.23. The van der Waals surface area contributed by atoms with Crippen molar-refractivity contribution < 1.29 is 4.84 Å². The number of nitrogens with one attached hydrogen (secondary N) is 1. The summed E-state index contributed by atoms with van der Waals surface area (Å²) in [6.07, 6.45) is 3.41. The third kappa shape index (κ3) is 2.88. The molecule has 0 aromatic heterocycles. The molecule has 0 radical (unpaired) electrons. The summed E-state index contributed by atoms with van der Waals surface area (Å²) in [5, 5.41) is 0. The van der Waals surface area contributed by atoms with E-state index >= 15 is 0 Å². The van der Waals surface area contributed by atoms with Crippen LogP contribution in [0.2, 0.25) is 0 Å². The minimum atomic E-state index is -0.563. The van der Waals surface area contributed by atoms with E-state index in [1.54, 1.807) is 6.26 Å². The first-order chi connectivity index (χ1) is 7.36. The van der Waals surface area contributed by atoms with Crippen molar-refractivity contribution in [2.45, 2.75) is 52.4 Å². The van der Waals surface area contributed by atoms with Crippen LogP contribution < -0.4 is 11.2 Å². The Labute approximate surface area is 97.3 Å². The minimum Gasteiger partial charge on any atom is -0.414 e. The summed E-state index contributed by atoms with van der Waals surface area (Å²) in [5.41, 5.74) is 8.26. The van der Waals surface area contributed by atoms with Crippen LogP contribution in [0.25, 0.3) is 0 Å². The van der Waals surface area contributed by atoms with E-state index in [4.69, 9.17) is 10.6 Å². The molecule has 0 bridgehead atoms. The summed E-state index contributed by atoms with van der Waals surface area (Å²) in [4.78, 5) is 11.5. The van der Waals surface area contributed by atoms with Crippen LogP contribution in [0.4, 0.5) is 0 Å². The standard InChI is InChI=1S/C11H22N4O/c1-8(2)15(9(3)4)10(12)13-11(5)6-7-16-14-11/h6-9,14H,1-5H3,(H2,12,13). The zero-order chi connectivity index (χ0) is 12.3. The molecular weight excluding hydrogens is 204 g/mol. The van der Waals surface area contributed by atoms with Gasteiger partial charge in [0.25, 0.3) is 0 Å². The van der Waals surface area contributed by atoms with Crippen molar-refractivity contribution in [2.24, 2.45) is 10.7 Å². The molecule has 1 rings (SSSR count). The molecule has 0 aliphatic carbocycles. The average molecular weight is 226 g/mol. The lowest BCUT2D eigenvalue weighted by Gasteiger charge is -2.33. The van der Waals surface area contributed by atoms with Gasteiger partial charge >= 0.3 is 0 Å². The number of hydroxylamine groups is 1. The molecule has 0 spiro atoms. The molecule has 3 N–H and O–H groups in total. The molecule has 1 unspecified atom stereocenters. The van der Waals surface area contributed by atoms with E-state index in [-0.39, 0.29) is 0 Å². The van der Waals surface area contributed by atoms with Gasteiger partial charge in [-0.2, -0.15) is 0 Å². The molecule has 5 nitrogen and oxygen atoms in total. The van der Waals surface area contributed by atoms with E-state index in [1.807, 2.05) is 13.0 Å². The second kappa shape index (κ2) is 4.74. The number of aliphatic imine (C=N–C) groups is 1. The topological polar surface area (TPSA) is 62.9 Å². The fourth-order valence-corrected chi connectivity index (χ4v) is 1.84. The van der Waals surface area contributed by atoms with E-state index in [2.05, 4.69) is 43.1 Å². The number of nitrogens with two attached hydrogens (primary N) is 1. The molecule has 0 amide bonds. The quantitative estimate of drug-likeness (QED) is 0.560. The van der Waals surface area contributed by atoms with Crippen molar-refractivity contribution in [1.29, 1.82) is 0 Å². The normalized spacial score (nSPS) is 25.3. The molecule has 0 aromatic carbocycles. The van der Waals surface area contributed by atoms with Crippen LogP contribution >= 0.6 is 0 Å². The summed E-state index contributed by atoms with van der Waals surface area (Å²) in [6.45, 7) is 10.3. The van der Waals surface area contributed by atoms with E-state index in [1.165, 1.54) is 0 Å². The van der Waals surface area contributed by atoms with Gasteiger partial charge in [-0.05, 0) is 40.7 Å². The zero-order valence-corrected chi connectivity index (χ0v) is 10.7. The van der Waals surface area contributed by atoms with Gasteiger partial charge in [0.15, 0.2) is 11.6 Å². The molecule has 92 valence electrons. The highest BCUT2D eigenvalue weighted by Crippen LogP contribution is 2.15. The van der Waals surface area contributed by atoms with E-state index in [0.29, 0.717) is 18.0 Å². The fourth-order valence-electron chi connectivity index (χ4n) is 1.84. The summed E-state index contributed by atoms with van der Waals surface area (Å²) >= 11 is 0. The van der Waals surface area contributed by atoms with Gasteiger partial charge in [-0.25, -0.2) is 4.99 Å². The van der Waals surface area contributed by atoms with Crippen LogP contribution in [-0.4, -0.2) is 28.6 Å². The van der Waals surface area contributed by atoms with Crippen LogP contribution in [0.15, 0.2) is 17.3 Å². The summed E-state index contributed by atoms with van der Waals surface area (Å²) in [6, 6.07) is 0.636. The van der Waals surface area contributed by atoms with E-state index in [0.717, 1.165) is 0 Å². The van der Waals surface area contributed by atoms with Crippen LogP contribution in [0.5, 0.6) is 0 Å². The highest BCUT2D eigenvalue weighted by Gasteiger charge is 2.26. The Morgan fingerprint density at radius 1 is 1.38 bits per heavy atom. The van der Waals surface area contributed by atoms with Gasteiger partial charge in [0.05, 0.1) is 0 Å². The maximum absolute atomic E-state index is 6.03. The Morgan fingerprint density at radius 3 is 2.31 bits per heavy atom. The van der Waals surface area contributed by atoms with Crippen molar-refractivity contribution in [2.75, 3.05) is 0 Å². The predicted octanol–water partition coefficient (Wildman–Crippen LogP) is 1.18. The fraction of sp³-hybridized carbons (Fsp3) is 0.727. The smallest absolute Gasteiger partial charge is 0.194 e. The second-order valence-electron chi connectivity index (χ2n) is 4.73. The maximum Gasteiger partial charge on any atom is 0.194 e. The molecule has 0 saturated heterocycles. The molecule has 16 heavy (non-hydrogen) atoms. The van der Waals surface area contributed by atoms with Gasteiger partial charge < -0.3 is 15.5 Å². The molecular formula is C11H22N4O. The Bertz CT molecular complexity index is 290. The van der Waals surface area contributed by atoms with Gasteiger partial charge in [-0.1, -0.05) is 0 Å². The molecule has 5 heteroatoms. The first-order valence-electron chi connectivity index (χ1n) is 5.60. The first-order valence-corrected chi connectivity index (χ1v) is 5.60. The van der Waals surface area contributed by atoms with Gasteiger partial charge in [0.1, 0.15) is 6.26 Å². The van der Waals surface area contributed by atoms with Crippen molar-refractivity contribution in [3.05, 3.63) is 12.3 Å². The lowest BCUT2D eigenvalue weighted by atomic mass is 10.2. The number of rotatable bonds is 3. The van der Waals surface area contributed by atoms with Gasteiger partial charge in [0.2, 0.25) is 0 Å². The predicted molar refractivity (Wildman–Crippen MR) is 65.5 cm³/mol. The third-order valence-electron chi connectivity index (χ3n) is 2.45. The molecule has 1 aliphatic rings. The van der Waals surface area contributed by atoms with Crippen LogP contribution in [0.3, 0.4) is 0 Å². The highest BCUT2D eigenvalue weighted by molar-refractivity contribution is 5.79. The van der Waals surface area contributed by atoms with Gasteiger partial charge in [0, 0.05) is 12.1 Å². The minimum absolute atomic E-state index is 0.318. The van der Waals surface area contributed by atoms with Gasteiger partial charge in [-0.3, -0.25) is 0 Å². The van der Waals surface area contributed by atoms with E-state index < -0.39 is 5.66 Å². The molecule has 1 heterocycles. The van der Waals surface area contributed by atoms with Crippen LogP contribution in [-0.2, 0) is 4.84 Å². The molecule has 1 aliphatic heterocycles. The lowest BCUT2D eigenvalue weighted by Crippen LogP contribution is -2.49. The van der Waals surface area contributed by atoms with E-state index in [9.17, 15) is 0 Å². The van der Waals surface area contributed by atoms with Crippen molar-refractivity contribution in [3.63, 3.8) is 0 Å². The Balaban J connectivity index is 2.85. The number of nitrogens with zero attached hydrogens (tertiary/aromatic N) is 2. The SMILES string of the molecule is CC(C)N(C(N)=NC1(C)C=CON1)C(C)C. The third-order valence-corrected chi connectivity index (χ3v) is 2.45. The van der Waals surface area contributed by atoms with Crippen molar-refractivity contribution >= 4 is 5.96 Å². The Morgan fingerprint density at radius 2 is 1.94 bits per heavy atom.